The van der Waals surface area contributed by atoms with E-state index in [2.05, 4.69) is 15.5 Å². The van der Waals surface area contributed by atoms with E-state index in [0.29, 0.717) is 41.8 Å². The highest BCUT2D eigenvalue weighted by atomic mass is 35.5. The van der Waals surface area contributed by atoms with Gasteiger partial charge in [0.1, 0.15) is 5.75 Å². The van der Waals surface area contributed by atoms with Crippen molar-refractivity contribution in [1.29, 1.82) is 0 Å². The summed E-state index contributed by atoms with van der Waals surface area (Å²) in [6.07, 6.45) is 0.754. The van der Waals surface area contributed by atoms with Crippen molar-refractivity contribution in [3.63, 3.8) is 0 Å². The van der Waals surface area contributed by atoms with Crippen LogP contribution in [0.2, 0.25) is 5.02 Å². The largest absolute Gasteiger partial charge is 0.497 e. The number of rotatable bonds is 7. The average Bonchev–Trinajstić information content (AvgIpc) is 3.11. The molecule has 0 spiro atoms. The second-order valence-electron chi connectivity index (χ2n) is 5.61. The number of carbonyl (C=O) groups is 1. The highest BCUT2D eigenvalue weighted by Crippen LogP contribution is 2.26. The summed E-state index contributed by atoms with van der Waals surface area (Å²) < 4.78 is 10.7. The maximum absolute atomic E-state index is 12.0. The molecule has 0 aliphatic rings. The molecule has 0 saturated heterocycles. The van der Waals surface area contributed by atoms with E-state index in [1.807, 2.05) is 42.5 Å². The van der Waals surface area contributed by atoms with Gasteiger partial charge < -0.3 is 14.5 Å². The van der Waals surface area contributed by atoms with Crippen molar-refractivity contribution in [2.45, 2.75) is 12.8 Å². The van der Waals surface area contributed by atoms with Gasteiger partial charge in [0, 0.05) is 13.0 Å². The van der Waals surface area contributed by atoms with Crippen LogP contribution in [0.3, 0.4) is 0 Å². The van der Waals surface area contributed by atoms with Crippen molar-refractivity contribution in [3.8, 4) is 17.2 Å². The fourth-order valence-corrected chi connectivity index (χ4v) is 2.61. The second kappa shape index (κ2) is 8.49. The molecule has 0 saturated carbocycles. The molecule has 134 valence electrons. The van der Waals surface area contributed by atoms with Crippen LogP contribution >= 0.6 is 11.6 Å². The summed E-state index contributed by atoms with van der Waals surface area (Å²) in [4.78, 5) is 12.0. The maximum atomic E-state index is 12.0. The van der Waals surface area contributed by atoms with Gasteiger partial charge in [0.2, 0.25) is 17.7 Å². The van der Waals surface area contributed by atoms with E-state index in [0.717, 1.165) is 11.3 Å². The van der Waals surface area contributed by atoms with E-state index >= 15 is 0 Å². The van der Waals surface area contributed by atoms with Gasteiger partial charge >= 0.3 is 0 Å². The van der Waals surface area contributed by atoms with Gasteiger partial charge in [-0.3, -0.25) is 4.79 Å². The number of aromatic nitrogens is 2. The Morgan fingerprint density at radius 2 is 1.92 bits per heavy atom. The fraction of sp³-hybridized carbons (Fsp3) is 0.211. The van der Waals surface area contributed by atoms with Crippen LogP contribution in [0.1, 0.15) is 11.5 Å². The summed E-state index contributed by atoms with van der Waals surface area (Å²) in [6.45, 7) is 0.416. The fourth-order valence-electron chi connectivity index (χ4n) is 2.40. The molecule has 3 rings (SSSR count). The molecule has 0 fully saturated rings. The number of carbonyl (C=O) groups excluding carboxylic acids is 1. The van der Waals surface area contributed by atoms with Crippen LogP contribution in [-0.4, -0.2) is 29.8 Å². The maximum Gasteiger partial charge on any atom is 0.249 e. The predicted molar refractivity (Wildman–Crippen MR) is 98.2 cm³/mol. The normalized spacial score (nSPS) is 10.5. The molecule has 1 N–H and O–H groups in total. The smallest absolute Gasteiger partial charge is 0.249 e. The highest BCUT2D eigenvalue weighted by molar-refractivity contribution is 6.33. The van der Waals surface area contributed by atoms with Crippen LogP contribution in [-0.2, 0) is 17.6 Å². The molecule has 0 atom stereocenters. The quantitative estimate of drug-likeness (QED) is 0.689. The lowest BCUT2D eigenvalue weighted by molar-refractivity contribution is -0.120. The minimum absolute atomic E-state index is 0.0685. The molecular weight excluding hydrogens is 354 g/mol. The summed E-state index contributed by atoms with van der Waals surface area (Å²) in [5.74, 6) is 1.51. The van der Waals surface area contributed by atoms with Crippen LogP contribution in [0.25, 0.3) is 11.5 Å². The van der Waals surface area contributed by atoms with E-state index in [1.54, 1.807) is 13.2 Å². The number of hydrogen-bond donors (Lipinski definition) is 1. The van der Waals surface area contributed by atoms with E-state index in [9.17, 15) is 4.79 Å². The summed E-state index contributed by atoms with van der Waals surface area (Å²) in [5.41, 5.74) is 1.61. The number of benzene rings is 2. The van der Waals surface area contributed by atoms with Gasteiger partial charge in [0.05, 0.1) is 24.1 Å². The molecule has 0 aliphatic heterocycles. The number of nitrogens with one attached hydrogen (secondary N) is 1. The Bertz CT molecular complexity index is 878. The number of ether oxygens (including phenoxy) is 1. The highest BCUT2D eigenvalue weighted by Gasteiger charge is 2.11. The molecule has 1 heterocycles. The SMILES string of the molecule is COc1ccc(CC(=O)NCCc2nnc(-c3ccccc3Cl)o2)cc1. The third kappa shape index (κ3) is 4.61. The number of methoxy groups -OCH3 is 1. The van der Waals surface area contributed by atoms with E-state index in [4.69, 9.17) is 20.8 Å². The van der Waals surface area contributed by atoms with Crippen molar-refractivity contribution in [2.75, 3.05) is 13.7 Å². The first-order chi connectivity index (χ1) is 12.7. The molecule has 2 aromatic carbocycles. The van der Waals surface area contributed by atoms with Gasteiger partial charge in [0.15, 0.2) is 0 Å². The molecule has 0 radical (unpaired) electrons. The molecule has 1 amide bonds. The van der Waals surface area contributed by atoms with Crippen LogP contribution in [0.5, 0.6) is 5.75 Å². The van der Waals surface area contributed by atoms with Crippen LogP contribution in [0, 0.1) is 0 Å². The van der Waals surface area contributed by atoms with Gasteiger partial charge in [-0.1, -0.05) is 35.9 Å². The molecule has 0 unspecified atom stereocenters. The first kappa shape index (κ1) is 17.9. The molecule has 0 aliphatic carbocycles. The summed E-state index contributed by atoms with van der Waals surface area (Å²) in [6, 6.07) is 14.7. The third-order valence-electron chi connectivity index (χ3n) is 3.76. The summed E-state index contributed by atoms with van der Waals surface area (Å²) >= 11 is 6.12. The Morgan fingerprint density at radius 1 is 1.15 bits per heavy atom. The second-order valence-corrected chi connectivity index (χ2v) is 6.01. The zero-order chi connectivity index (χ0) is 18.4. The first-order valence-corrected chi connectivity index (χ1v) is 8.50. The molecular formula is C19H18ClN3O3. The Morgan fingerprint density at radius 3 is 2.65 bits per heavy atom. The van der Waals surface area contributed by atoms with Crippen LogP contribution in [0.15, 0.2) is 52.9 Å². The number of halogens is 1. The summed E-state index contributed by atoms with van der Waals surface area (Å²) in [7, 11) is 1.61. The Kier molecular flexibility index (Phi) is 5.86. The minimum Gasteiger partial charge on any atom is -0.497 e. The molecule has 1 aromatic heterocycles. The minimum atomic E-state index is -0.0685. The van der Waals surface area contributed by atoms with E-state index in [-0.39, 0.29) is 5.91 Å². The van der Waals surface area contributed by atoms with Gasteiger partial charge in [-0.15, -0.1) is 10.2 Å². The van der Waals surface area contributed by atoms with Crippen LogP contribution < -0.4 is 10.1 Å². The zero-order valence-electron chi connectivity index (χ0n) is 14.2. The van der Waals surface area contributed by atoms with Crippen molar-refractivity contribution in [3.05, 3.63) is 65.0 Å². The summed E-state index contributed by atoms with van der Waals surface area (Å²) in [5, 5.41) is 11.4. The Labute approximate surface area is 156 Å². The lowest BCUT2D eigenvalue weighted by atomic mass is 10.1. The number of amides is 1. The molecule has 26 heavy (non-hydrogen) atoms. The zero-order valence-corrected chi connectivity index (χ0v) is 15.0. The van der Waals surface area contributed by atoms with Crippen LogP contribution in [0.4, 0.5) is 0 Å². The molecule has 7 heteroatoms. The van der Waals surface area contributed by atoms with Gasteiger partial charge in [-0.2, -0.15) is 0 Å². The van der Waals surface area contributed by atoms with Gasteiger partial charge in [-0.25, -0.2) is 0 Å². The lowest BCUT2D eigenvalue weighted by Gasteiger charge is -2.05. The van der Waals surface area contributed by atoms with Gasteiger partial charge in [-0.05, 0) is 29.8 Å². The van der Waals surface area contributed by atoms with Crippen molar-refractivity contribution < 1.29 is 13.9 Å². The Balaban J connectivity index is 1.49. The standard InChI is InChI=1S/C19H18ClN3O3/c1-25-14-8-6-13(7-9-14)12-17(24)21-11-10-18-22-23-19(26-18)15-4-2-3-5-16(15)20/h2-9H,10-12H2,1H3,(H,21,24). The number of nitrogens with zero attached hydrogens (tertiary/aromatic N) is 2. The molecule has 6 nitrogen and oxygen atoms in total. The lowest BCUT2D eigenvalue weighted by Crippen LogP contribution is -2.27. The van der Waals surface area contributed by atoms with Crippen molar-refractivity contribution in [1.82, 2.24) is 15.5 Å². The van der Waals surface area contributed by atoms with Crippen molar-refractivity contribution >= 4 is 17.5 Å². The first-order valence-electron chi connectivity index (χ1n) is 8.12. The monoisotopic (exact) mass is 371 g/mol. The van der Waals surface area contributed by atoms with E-state index < -0.39 is 0 Å². The predicted octanol–water partition coefficient (Wildman–Crippen LogP) is 3.30. The molecule has 0 bridgehead atoms. The topological polar surface area (TPSA) is 77.2 Å². The Hall–Kier alpha value is -2.86. The van der Waals surface area contributed by atoms with E-state index in [1.165, 1.54) is 0 Å². The average molecular weight is 372 g/mol. The molecule has 3 aromatic rings. The third-order valence-corrected chi connectivity index (χ3v) is 4.09. The van der Waals surface area contributed by atoms with Gasteiger partial charge in [0.25, 0.3) is 0 Å². The number of hydrogen-bond acceptors (Lipinski definition) is 5. The van der Waals surface area contributed by atoms with Crippen molar-refractivity contribution in [2.24, 2.45) is 0 Å².